The van der Waals surface area contributed by atoms with Crippen LogP contribution in [0.3, 0.4) is 0 Å². The number of hydrogen-bond acceptors (Lipinski definition) is 4. The van der Waals surface area contributed by atoms with Crippen molar-refractivity contribution in [3.63, 3.8) is 0 Å². The molecule has 5 heteroatoms. The molecule has 0 aliphatic heterocycles. The van der Waals surface area contributed by atoms with Crippen LogP contribution in [0, 0.1) is 0 Å². The third-order valence-electron chi connectivity index (χ3n) is 3.94. The number of benzene rings is 1. The molecule has 3 rings (SSSR count). The molecule has 2 heterocycles. The predicted octanol–water partition coefficient (Wildman–Crippen LogP) is 2.75. The lowest BCUT2D eigenvalue weighted by molar-refractivity contribution is 0.0734. The van der Waals surface area contributed by atoms with E-state index in [1.165, 1.54) is 0 Å². The minimum Gasteiger partial charge on any atom is -0.395 e. The number of carbonyl (C=O) groups excluding carboxylic acids is 1. The molecule has 0 atom stereocenters. The molecular formula is C19H19N3O2. The fourth-order valence-corrected chi connectivity index (χ4v) is 2.71. The molecule has 3 aromatic rings. The molecule has 2 aromatic heterocycles. The van der Waals surface area contributed by atoms with Crippen LogP contribution in [0.1, 0.15) is 17.3 Å². The monoisotopic (exact) mass is 321 g/mol. The minimum atomic E-state index is -0.102. The lowest BCUT2D eigenvalue weighted by Crippen LogP contribution is -2.33. The van der Waals surface area contributed by atoms with E-state index in [1.54, 1.807) is 17.3 Å². The first-order valence-electron chi connectivity index (χ1n) is 7.95. The van der Waals surface area contributed by atoms with Gasteiger partial charge in [-0.15, -0.1) is 0 Å². The van der Waals surface area contributed by atoms with Crippen molar-refractivity contribution in [2.45, 2.75) is 6.92 Å². The summed E-state index contributed by atoms with van der Waals surface area (Å²) < 4.78 is 0. The summed E-state index contributed by atoms with van der Waals surface area (Å²) in [4.78, 5) is 23.4. The number of carbonyl (C=O) groups is 1. The predicted molar refractivity (Wildman–Crippen MR) is 93.6 cm³/mol. The van der Waals surface area contributed by atoms with Gasteiger partial charge in [0.2, 0.25) is 0 Å². The van der Waals surface area contributed by atoms with E-state index in [2.05, 4.69) is 9.97 Å². The summed E-state index contributed by atoms with van der Waals surface area (Å²) in [7, 11) is 0. The molecule has 1 N–H and O–H groups in total. The molecule has 0 saturated heterocycles. The number of nitrogens with zero attached hydrogens (tertiary/aromatic N) is 3. The highest BCUT2D eigenvalue weighted by Crippen LogP contribution is 2.25. The molecule has 0 fully saturated rings. The van der Waals surface area contributed by atoms with E-state index in [-0.39, 0.29) is 12.5 Å². The van der Waals surface area contributed by atoms with Crippen molar-refractivity contribution in [3.05, 3.63) is 60.4 Å². The van der Waals surface area contributed by atoms with Gasteiger partial charge >= 0.3 is 0 Å². The Kier molecular flexibility index (Phi) is 4.82. The van der Waals surface area contributed by atoms with Gasteiger partial charge in [-0.1, -0.05) is 18.2 Å². The van der Waals surface area contributed by atoms with Crippen LogP contribution >= 0.6 is 0 Å². The van der Waals surface area contributed by atoms with Crippen LogP contribution in [0.25, 0.3) is 22.2 Å². The van der Waals surface area contributed by atoms with E-state index < -0.39 is 0 Å². The van der Waals surface area contributed by atoms with Crippen LogP contribution in [0.2, 0.25) is 0 Å². The van der Waals surface area contributed by atoms with E-state index >= 15 is 0 Å². The molecule has 0 unspecified atom stereocenters. The van der Waals surface area contributed by atoms with E-state index in [9.17, 15) is 9.90 Å². The Hall–Kier alpha value is -2.79. The Bertz CT molecular complexity index is 850. The quantitative estimate of drug-likeness (QED) is 0.785. The van der Waals surface area contributed by atoms with Gasteiger partial charge in [-0.3, -0.25) is 9.78 Å². The molecule has 0 aliphatic rings. The van der Waals surface area contributed by atoms with Crippen molar-refractivity contribution in [2.24, 2.45) is 0 Å². The Morgan fingerprint density at radius 3 is 2.75 bits per heavy atom. The summed E-state index contributed by atoms with van der Waals surface area (Å²) in [6.45, 7) is 2.70. The van der Waals surface area contributed by atoms with Crippen LogP contribution in [0.4, 0.5) is 0 Å². The molecule has 122 valence electrons. The zero-order chi connectivity index (χ0) is 16.9. The van der Waals surface area contributed by atoms with E-state index in [4.69, 9.17) is 0 Å². The van der Waals surface area contributed by atoms with Gasteiger partial charge in [0.15, 0.2) is 0 Å². The van der Waals surface area contributed by atoms with Crippen LogP contribution in [0.15, 0.2) is 54.9 Å². The standard InChI is InChI=1S/C19H19N3O2/c1-2-22(10-11-23)19(24)16-12-18(14-6-5-9-20-13-14)21-17-8-4-3-7-15(16)17/h3-9,12-13,23H,2,10-11H2,1H3. The highest BCUT2D eigenvalue weighted by molar-refractivity contribution is 6.07. The van der Waals surface area contributed by atoms with Gasteiger partial charge in [0.1, 0.15) is 0 Å². The topological polar surface area (TPSA) is 66.3 Å². The van der Waals surface area contributed by atoms with Crippen molar-refractivity contribution in [3.8, 4) is 11.3 Å². The van der Waals surface area contributed by atoms with Crippen molar-refractivity contribution < 1.29 is 9.90 Å². The van der Waals surface area contributed by atoms with Crippen LogP contribution in [-0.2, 0) is 0 Å². The smallest absolute Gasteiger partial charge is 0.254 e. The van der Waals surface area contributed by atoms with Crippen LogP contribution in [0.5, 0.6) is 0 Å². The van der Waals surface area contributed by atoms with Gasteiger partial charge in [0.05, 0.1) is 23.4 Å². The maximum Gasteiger partial charge on any atom is 0.254 e. The maximum absolute atomic E-state index is 12.9. The van der Waals surface area contributed by atoms with Gasteiger partial charge in [-0.25, -0.2) is 4.98 Å². The van der Waals surface area contributed by atoms with E-state index in [1.807, 2.05) is 49.4 Å². The second-order valence-corrected chi connectivity index (χ2v) is 5.42. The number of pyridine rings is 2. The lowest BCUT2D eigenvalue weighted by atomic mass is 10.0. The Morgan fingerprint density at radius 1 is 1.21 bits per heavy atom. The van der Waals surface area contributed by atoms with Gasteiger partial charge in [0, 0.05) is 36.4 Å². The summed E-state index contributed by atoms with van der Waals surface area (Å²) in [6.07, 6.45) is 3.44. The number of amides is 1. The molecule has 0 saturated carbocycles. The fourth-order valence-electron chi connectivity index (χ4n) is 2.71. The number of fused-ring (bicyclic) bond motifs is 1. The fraction of sp³-hybridized carbons (Fsp3) is 0.211. The largest absolute Gasteiger partial charge is 0.395 e. The van der Waals surface area contributed by atoms with Crippen LogP contribution in [-0.4, -0.2) is 45.6 Å². The third-order valence-corrected chi connectivity index (χ3v) is 3.94. The first-order chi connectivity index (χ1) is 11.7. The molecule has 1 aromatic carbocycles. The first kappa shape index (κ1) is 16.1. The Morgan fingerprint density at radius 2 is 2.04 bits per heavy atom. The van der Waals surface area contributed by atoms with E-state index in [0.29, 0.717) is 24.3 Å². The first-order valence-corrected chi connectivity index (χ1v) is 7.95. The molecule has 5 nitrogen and oxygen atoms in total. The maximum atomic E-state index is 12.9. The minimum absolute atomic E-state index is 0.0575. The van der Waals surface area contributed by atoms with Crippen molar-refractivity contribution in [1.29, 1.82) is 0 Å². The molecule has 0 spiro atoms. The summed E-state index contributed by atoms with van der Waals surface area (Å²) >= 11 is 0. The third kappa shape index (κ3) is 3.12. The van der Waals surface area contributed by atoms with Gasteiger partial charge in [0.25, 0.3) is 5.91 Å². The molecular weight excluding hydrogens is 302 g/mol. The molecule has 1 amide bonds. The molecule has 0 bridgehead atoms. The van der Waals surface area contributed by atoms with Crippen molar-refractivity contribution >= 4 is 16.8 Å². The summed E-state index contributed by atoms with van der Waals surface area (Å²) in [5.74, 6) is -0.102. The van der Waals surface area contributed by atoms with Crippen LogP contribution < -0.4 is 0 Å². The Balaban J connectivity index is 2.16. The number of aliphatic hydroxyl groups is 1. The lowest BCUT2D eigenvalue weighted by Gasteiger charge is -2.21. The summed E-state index contributed by atoms with van der Waals surface area (Å²) in [6, 6.07) is 13.2. The number of para-hydroxylation sites is 1. The normalized spacial score (nSPS) is 10.8. The number of aromatic nitrogens is 2. The van der Waals surface area contributed by atoms with Gasteiger partial charge < -0.3 is 10.0 Å². The SMILES string of the molecule is CCN(CCO)C(=O)c1cc(-c2cccnc2)nc2ccccc12. The van der Waals surface area contributed by atoms with Crippen molar-refractivity contribution in [1.82, 2.24) is 14.9 Å². The van der Waals surface area contributed by atoms with E-state index in [0.717, 1.165) is 16.5 Å². The molecule has 0 aliphatic carbocycles. The van der Waals surface area contributed by atoms with Gasteiger partial charge in [-0.2, -0.15) is 0 Å². The number of aliphatic hydroxyl groups excluding tert-OH is 1. The average molecular weight is 321 g/mol. The zero-order valence-electron chi connectivity index (χ0n) is 13.5. The second kappa shape index (κ2) is 7.19. The average Bonchev–Trinajstić information content (AvgIpc) is 2.65. The summed E-state index contributed by atoms with van der Waals surface area (Å²) in [5.41, 5.74) is 2.93. The highest BCUT2D eigenvalue weighted by Gasteiger charge is 2.18. The zero-order valence-corrected chi connectivity index (χ0v) is 13.5. The highest BCUT2D eigenvalue weighted by atomic mass is 16.3. The molecule has 24 heavy (non-hydrogen) atoms. The molecule has 0 radical (unpaired) electrons. The van der Waals surface area contributed by atoms with Gasteiger partial charge in [-0.05, 0) is 31.2 Å². The summed E-state index contributed by atoms with van der Waals surface area (Å²) in [5, 5.41) is 10.0. The Labute approximate surface area is 140 Å². The second-order valence-electron chi connectivity index (χ2n) is 5.42. The number of rotatable bonds is 5. The van der Waals surface area contributed by atoms with Crippen molar-refractivity contribution in [2.75, 3.05) is 19.7 Å². The number of likely N-dealkylation sites (N-methyl/N-ethyl adjacent to an activating group) is 1. The number of hydrogen-bond donors (Lipinski definition) is 1.